The summed E-state index contributed by atoms with van der Waals surface area (Å²) in [6.45, 7) is -0.159. The van der Waals surface area contributed by atoms with Crippen LogP contribution in [0.4, 0.5) is 10.1 Å². The highest BCUT2D eigenvalue weighted by Crippen LogP contribution is 2.22. The normalized spacial score (nSPS) is 11.2. The second kappa shape index (κ2) is 9.03. The summed E-state index contributed by atoms with van der Waals surface area (Å²) in [4.78, 5) is 16.8. The van der Waals surface area contributed by atoms with Crippen LogP contribution in [0.2, 0.25) is 0 Å². The monoisotopic (exact) mass is 452 g/mol. The maximum Gasteiger partial charge on any atom is 0.340 e. The number of esters is 1. The number of oxazole rings is 1. The molecule has 0 atom stereocenters. The van der Waals surface area contributed by atoms with Crippen LogP contribution in [0.3, 0.4) is 0 Å². The number of aromatic nitrogens is 1. The Balaban J connectivity index is 1.47. The van der Waals surface area contributed by atoms with Crippen molar-refractivity contribution in [2.45, 2.75) is 11.5 Å². The van der Waals surface area contributed by atoms with Gasteiger partial charge in [0.2, 0.25) is 5.89 Å². The molecule has 0 unspecified atom stereocenters. The summed E-state index contributed by atoms with van der Waals surface area (Å²) in [6, 6.07) is 19.6. The lowest BCUT2D eigenvalue weighted by atomic mass is 10.2. The zero-order valence-electron chi connectivity index (χ0n) is 16.6. The average Bonchev–Trinajstić information content (AvgIpc) is 3.28. The SMILES string of the molecule is O=C(OCc1coc(-c2ccccc2)n1)c1ccccc1NS(=O)(=O)c1ccc(F)cc1. The van der Waals surface area contributed by atoms with E-state index in [0.717, 1.165) is 29.8 Å². The molecular formula is C23H17FN2O5S. The molecule has 0 aliphatic carbocycles. The van der Waals surface area contributed by atoms with Crippen LogP contribution in [0, 0.1) is 5.82 Å². The smallest absolute Gasteiger partial charge is 0.340 e. The maximum absolute atomic E-state index is 13.1. The van der Waals surface area contributed by atoms with E-state index in [2.05, 4.69) is 9.71 Å². The van der Waals surface area contributed by atoms with Gasteiger partial charge in [-0.25, -0.2) is 22.6 Å². The van der Waals surface area contributed by atoms with Crippen molar-refractivity contribution < 1.29 is 26.8 Å². The molecule has 7 nitrogen and oxygen atoms in total. The van der Waals surface area contributed by atoms with Gasteiger partial charge in [-0.3, -0.25) is 4.72 Å². The summed E-state index contributed by atoms with van der Waals surface area (Å²) >= 11 is 0. The predicted molar refractivity (Wildman–Crippen MR) is 115 cm³/mol. The van der Waals surface area contributed by atoms with E-state index in [9.17, 15) is 17.6 Å². The number of hydrogen-bond donors (Lipinski definition) is 1. The van der Waals surface area contributed by atoms with Crippen molar-refractivity contribution in [3.8, 4) is 11.5 Å². The third-order valence-electron chi connectivity index (χ3n) is 4.44. The molecule has 1 aromatic heterocycles. The molecule has 0 saturated heterocycles. The second-order valence-electron chi connectivity index (χ2n) is 6.69. The van der Waals surface area contributed by atoms with Crippen molar-refractivity contribution in [3.05, 3.63) is 102 Å². The molecule has 162 valence electrons. The molecule has 0 fully saturated rings. The first-order valence-electron chi connectivity index (χ1n) is 9.47. The van der Waals surface area contributed by atoms with Crippen molar-refractivity contribution in [3.63, 3.8) is 0 Å². The minimum Gasteiger partial charge on any atom is -0.455 e. The fraction of sp³-hybridized carbons (Fsp3) is 0.0435. The van der Waals surface area contributed by atoms with E-state index in [1.165, 1.54) is 18.4 Å². The van der Waals surface area contributed by atoms with Crippen LogP contribution in [0.1, 0.15) is 16.1 Å². The van der Waals surface area contributed by atoms with Gasteiger partial charge in [0.25, 0.3) is 10.0 Å². The molecule has 0 aliphatic heterocycles. The van der Waals surface area contributed by atoms with Crippen LogP contribution in [0.25, 0.3) is 11.5 Å². The second-order valence-corrected chi connectivity index (χ2v) is 8.37. The molecule has 0 amide bonds. The van der Waals surface area contributed by atoms with Crippen LogP contribution in [-0.2, 0) is 21.4 Å². The van der Waals surface area contributed by atoms with Crippen LogP contribution < -0.4 is 4.72 Å². The van der Waals surface area contributed by atoms with Crippen molar-refractivity contribution in [1.82, 2.24) is 4.98 Å². The highest BCUT2D eigenvalue weighted by molar-refractivity contribution is 7.92. The summed E-state index contributed by atoms with van der Waals surface area (Å²) in [5.41, 5.74) is 1.24. The van der Waals surface area contributed by atoms with E-state index in [1.807, 2.05) is 30.3 Å². The predicted octanol–water partition coefficient (Wildman–Crippen LogP) is 4.64. The van der Waals surface area contributed by atoms with Crippen LogP contribution in [-0.4, -0.2) is 19.4 Å². The minimum atomic E-state index is -4.03. The molecule has 4 aromatic rings. The standard InChI is InChI=1S/C23H17FN2O5S/c24-17-10-12-19(13-11-17)32(28,29)26-21-9-5-4-8-20(21)23(27)31-15-18-14-30-22(25-18)16-6-2-1-3-7-16/h1-14,26H,15H2. The number of carbonyl (C=O) groups is 1. The molecule has 0 saturated carbocycles. The molecule has 0 bridgehead atoms. The first-order valence-corrected chi connectivity index (χ1v) is 10.9. The Morgan fingerprint density at radius 3 is 2.41 bits per heavy atom. The van der Waals surface area contributed by atoms with Crippen LogP contribution in [0.15, 0.2) is 94.4 Å². The first kappa shape index (κ1) is 21.3. The number of halogens is 1. The van der Waals surface area contributed by atoms with Crippen molar-refractivity contribution >= 4 is 21.7 Å². The van der Waals surface area contributed by atoms with E-state index in [0.29, 0.717) is 11.6 Å². The molecule has 1 N–H and O–H groups in total. The van der Waals surface area contributed by atoms with Crippen LogP contribution >= 0.6 is 0 Å². The van der Waals surface area contributed by atoms with E-state index in [4.69, 9.17) is 9.15 Å². The molecule has 1 heterocycles. The van der Waals surface area contributed by atoms with Gasteiger partial charge in [-0.1, -0.05) is 30.3 Å². The lowest BCUT2D eigenvalue weighted by Gasteiger charge is -2.12. The van der Waals surface area contributed by atoms with Gasteiger partial charge in [-0.2, -0.15) is 0 Å². The van der Waals surface area contributed by atoms with Gasteiger partial charge in [0, 0.05) is 5.56 Å². The fourth-order valence-corrected chi connectivity index (χ4v) is 3.95. The summed E-state index contributed by atoms with van der Waals surface area (Å²) in [7, 11) is -4.03. The third-order valence-corrected chi connectivity index (χ3v) is 5.82. The van der Waals surface area contributed by atoms with Crippen molar-refractivity contribution in [2.75, 3.05) is 4.72 Å². The Morgan fingerprint density at radius 2 is 1.66 bits per heavy atom. The summed E-state index contributed by atoms with van der Waals surface area (Å²) in [5, 5.41) is 0. The lowest BCUT2D eigenvalue weighted by molar-refractivity contribution is 0.0469. The number of nitrogens with zero attached hydrogens (tertiary/aromatic N) is 1. The number of para-hydroxylation sites is 1. The molecule has 0 spiro atoms. The molecule has 0 aliphatic rings. The molecule has 0 radical (unpaired) electrons. The number of carbonyl (C=O) groups excluding carboxylic acids is 1. The fourth-order valence-electron chi connectivity index (χ4n) is 2.87. The van der Waals surface area contributed by atoms with Crippen LogP contribution in [0.5, 0.6) is 0 Å². The Hall–Kier alpha value is -3.98. The number of rotatable bonds is 7. The number of sulfonamides is 1. The van der Waals surface area contributed by atoms with E-state index in [-0.39, 0.29) is 22.8 Å². The number of benzene rings is 3. The quantitative estimate of drug-likeness (QED) is 0.410. The Labute approximate surface area is 183 Å². The Morgan fingerprint density at radius 1 is 0.969 bits per heavy atom. The molecule has 32 heavy (non-hydrogen) atoms. The highest BCUT2D eigenvalue weighted by atomic mass is 32.2. The number of hydrogen-bond acceptors (Lipinski definition) is 6. The van der Waals surface area contributed by atoms with Gasteiger partial charge in [0.05, 0.1) is 16.1 Å². The van der Waals surface area contributed by atoms with E-state index >= 15 is 0 Å². The maximum atomic E-state index is 13.1. The van der Waals surface area contributed by atoms with Gasteiger partial charge in [-0.15, -0.1) is 0 Å². The van der Waals surface area contributed by atoms with Gasteiger partial charge >= 0.3 is 5.97 Å². The summed E-state index contributed by atoms with van der Waals surface area (Å²) in [6.07, 6.45) is 1.39. The Bertz CT molecular complexity index is 1340. The minimum absolute atomic E-state index is 0.0185. The lowest BCUT2D eigenvalue weighted by Crippen LogP contribution is -2.16. The zero-order chi connectivity index (χ0) is 22.6. The van der Waals surface area contributed by atoms with Gasteiger partial charge < -0.3 is 9.15 Å². The van der Waals surface area contributed by atoms with Gasteiger partial charge in [0.1, 0.15) is 24.4 Å². The highest BCUT2D eigenvalue weighted by Gasteiger charge is 2.20. The molecule has 4 rings (SSSR count). The summed E-state index contributed by atoms with van der Waals surface area (Å²) in [5.74, 6) is -0.910. The molecule has 9 heteroatoms. The zero-order valence-corrected chi connectivity index (χ0v) is 17.4. The third kappa shape index (κ3) is 4.84. The van der Waals surface area contributed by atoms with Gasteiger partial charge in [0.15, 0.2) is 0 Å². The molecule has 3 aromatic carbocycles. The van der Waals surface area contributed by atoms with E-state index < -0.39 is 21.8 Å². The number of anilines is 1. The summed E-state index contributed by atoms with van der Waals surface area (Å²) < 4.78 is 51.4. The average molecular weight is 452 g/mol. The first-order chi connectivity index (χ1) is 15.4. The van der Waals surface area contributed by atoms with Crippen molar-refractivity contribution in [1.29, 1.82) is 0 Å². The molecular weight excluding hydrogens is 435 g/mol. The topological polar surface area (TPSA) is 98.5 Å². The van der Waals surface area contributed by atoms with E-state index in [1.54, 1.807) is 12.1 Å². The van der Waals surface area contributed by atoms with Gasteiger partial charge in [-0.05, 0) is 48.5 Å². The number of nitrogens with one attached hydrogen (secondary N) is 1. The Kier molecular flexibility index (Phi) is 6.00. The van der Waals surface area contributed by atoms with Crippen molar-refractivity contribution in [2.24, 2.45) is 0 Å². The number of ether oxygens (including phenoxy) is 1. The largest absolute Gasteiger partial charge is 0.455 e.